The third-order valence-corrected chi connectivity index (χ3v) is 6.81. The van der Waals surface area contributed by atoms with Crippen LogP contribution >= 0.6 is 0 Å². The van der Waals surface area contributed by atoms with Crippen molar-refractivity contribution in [3.8, 4) is 5.75 Å². The highest BCUT2D eigenvalue weighted by Crippen LogP contribution is 2.41. The molecular weight excluding hydrogens is 481 g/mol. The van der Waals surface area contributed by atoms with Gasteiger partial charge in [-0.2, -0.15) is 0 Å². The number of aryl methyl sites for hydroxylation is 1. The molecule has 6 heteroatoms. The Balaban J connectivity index is 1.82. The van der Waals surface area contributed by atoms with E-state index in [0.29, 0.717) is 29.0 Å². The van der Waals surface area contributed by atoms with Crippen LogP contribution in [0.1, 0.15) is 68.0 Å². The topological polar surface area (TPSA) is 66.8 Å². The van der Waals surface area contributed by atoms with E-state index in [1.54, 1.807) is 30.3 Å². The summed E-state index contributed by atoms with van der Waals surface area (Å²) in [6, 6.07) is 18.0. The fraction of sp³-hybridized carbons (Fsp3) is 0.312. The maximum atomic E-state index is 13.5. The molecule has 38 heavy (non-hydrogen) atoms. The molecule has 4 rings (SSSR count). The summed E-state index contributed by atoms with van der Waals surface area (Å²) in [4.78, 5) is 28.1. The summed E-state index contributed by atoms with van der Waals surface area (Å²) in [7, 11) is 0. The summed E-state index contributed by atoms with van der Waals surface area (Å²) < 4.78 is 19.3. The van der Waals surface area contributed by atoms with Crippen molar-refractivity contribution in [2.45, 2.75) is 59.0 Å². The summed E-state index contributed by atoms with van der Waals surface area (Å²) in [5.74, 6) is -1.37. The summed E-state index contributed by atoms with van der Waals surface area (Å²) in [5, 5.41) is 11.4. The molecule has 0 saturated carbocycles. The maximum absolute atomic E-state index is 13.5. The van der Waals surface area contributed by atoms with Crippen LogP contribution in [0.3, 0.4) is 0 Å². The highest BCUT2D eigenvalue weighted by molar-refractivity contribution is 6.46. The normalized spacial score (nSPS) is 17.2. The number of rotatable bonds is 7. The molecule has 1 saturated heterocycles. The summed E-state index contributed by atoms with van der Waals surface area (Å²) in [5.41, 5.74) is 3.69. The van der Waals surface area contributed by atoms with E-state index in [2.05, 4.69) is 20.8 Å². The Kier molecular flexibility index (Phi) is 7.72. The van der Waals surface area contributed by atoms with Crippen molar-refractivity contribution < 1.29 is 23.8 Å². The molecule has 0 aromatic heterocycles. The zero-order valence-electron chi connectivity index (χ0n) is 22.5. The van der Waals surface area contributed by atoms with Crippen LogP contribution in [0.2, 0.25) is 0 Å². The molecule has 1 fully saturated rings. The smallest absolute Gasteiger partial charge is 0.295 e. The summed E-state index contributed by atoms with van der Waals surface area (Å²) in [6.07, 6.45) is 0.868. The third kappa shape index (κ3) is 5.49. The molecule has 1 unspecified atom stereocenters. The van der Waals surface area contributed by atoms with Gasteiger partial charge in [-0.25, -0.2) is 4.39 Å². The molecule has 0 bridgehead atoms. The first-order chi connectivity index (χ1) is 18.0. The van der Waals surface area contributed by atoms with Crippen LogP contribution in [0.5, 0.6) is 5.75 Å². The van der Waals surface area contributed by atoms with Gasteiger partial charge in [-0.05, 0) is 71.3 Å². The molecule has 1 N–H and O–H groups in total. The predicted octanol–water partition coefficient (Wildman–Crippen LogP) is 6.84. The van der Waals surface area contributed by atoms with Gasteiger partial charge in [0.15, 0.2) is 0 Å². The molecule has 1 aliphatic heterocycles. The Morgan fingerprint density at radius 2 is 1.66 bits per heavy atom. The second-order valence-electron chi connectivity index (χ2n) is 10.8. The number of aliphatic hydroxyl groups excluding tert-OH is 1. The Morgan fingerprint density at radius 1 is 1.00 bits per heavy atom. The van der Waals surface area contributed by atoms with Crippen molar-refractivity contribution in [3.63, 3.8) is 0 Å². The van der Waals surface area contributed by atoms with Crippen molar-refractivity contribution in [2.24, 2.45) is 0 Å². The molecule has 1 amide bonds. The van der Waals surface area contributed by atoms with E-state index in [4.69, 9.17) is 4.74 Å². The van der Waals surface area contributed by atoms with E-state index in [-0.39, 0.29) is 29.1 Å². The number of carbonyl (C=O) groups excluding carboxylic acids is 2. The lowest BCUT2D eigenvalue weighted by Crippen LogP contribution is -2.29. The SMILES string of the molecule is CCCOc1ccc(/C(O)=C2/C(=O)C(=O)N(Cc3ccc(F)cc3)C2c2ccc(C(C)(C)C)cc2)cc1C. The van der Waals surface area contributed by atoms with E-state index in [9.17, 15) is 19.1 Å². The lowest BCUT2D eigenvalue weighted by Gasteiger charge is -2.26. The summed E-state index contributed by atoms with van der Waals surface area (Å²) in [6.45, 7) is 10.9. The van der Waals surface area contributed by atoms with Crippen LogP contribution < -0.4 is 4.74 Å². The number of ketones is 1. The number of hydrogen-bond donors (Lipinski definition) is 1. The van der Waals surface area contributed by atoms with Gasteiger partial charge in [-0.15, -0.1) is 0 Å². The van der Waals surface area contributed by atoms with Crippen molar-refractivity contribution in [2.75, 3.05) is 6.61 Å². The van der Waals surface area contributed by atoms with Crippen molar-refractivity contribution in [1.82, 2.24) is 4.90 Å². The first-order valence-corrected chi connectivity index (χ1v) is 12.9. The quantitative estimate of drug-likeness (QED) is 0.212. The number of aliphatic hydroxyl groups is 1. The Hall–Kier alpha value is -3.93. The minimum atomic E-state index is -0.801. The van der Waals surface area contributed by atoms with Crippen LogP contribution in [0.15, 0.2) is 72.3 Å². The monoisotopic (exact) mass is 515 g/mol. The van der Waals surface area contributed by atoms with Crippen molar-refractivity contribution >= 4 is 17.4 Å². The predicted molar refractivity (Wildman–Crippen MR) is 146 cm³/mol. The molecule has 1 aliphatic rings. The van der Waals surface area contributed by atoms with Gasteiger partial charge in [0.25, 0.3) is 11.7 Å². The van der Waals surface area contributed by atoms with Gasteiger partial charge in [0.1, 0.15) is 17.3 Å². The number of nitrogens with zero attached hydrogens (tertiary/aromatic N) is 1. The van der Waals surface area contributed by atoms with Crippen LogP contribution in [0.4, 0.5) is 4.39 Å². The number of likely N-dealkylation sites (tertiary alicyclic amines) is 1. The number of halogens is 1. The molecule has 3 aromatic carbocycles. The summed E-state index contributed by atoms with van der Waals surface area (Å²) >= 11 is 0. The number of hydrogen-bond acceptors (Lipinski definition) is 4. The van der Waals surface area contributed by atoms with E-state index in [1.807, 2.05) is 38.1 Å². The van der Waals surface area contributed by atoms with Crippen LogP contribution in [-0.4, -0.2) is 28.3 Å². The number of Topliss-reactive ketones (excluding diaryl/α,β-unsaturated/α-hetero) is 1. The van der Waals surface area contributed by atoms with Gasteiger partial charge in [-0.1, -0.05) is 64.1 Å². The molecule has 198 valence electrons. The maximum Gasteiger partial charge on any atom is 0.295 e. The molecule has 1 heterocycles. The van der Waals surface area contributed by atoms with Gasteiger partial charge >= 0.3 is 0 Å². The highest BCUT2D eigenvalue weighted by atomic mass is 19.1. The molecule has 0 spiro atoms. The minimum Gasteiger partial charge on any atom is -0.507 e. The van der Waals surface area contributed by atoms with Gasteiger partial charge in [0.2, 0.25) is 0 Å². The standard InChI is InChI=1S/C32H34FNO4/c1-6-17-38-26-16-11-23(18-20(26)2)29(35)27-28(22-9-12-24(13-10-22)32(3,4)5)34(31(37)30(27)36)19-21-7-14-25(33)15-8-21/h7-16,18,28,35H,6,17,19H2,1-5H3/b29-27-. The van der Waals surface area contributed by atoms with Gasteiger partial charge in [-0.3, -0.25) is 9.59 Å². The fourth-order valence-electron chi connectivity index (χ4n) is 4.67. The third-order valence-electron chi connectivity index (χ3n) is 6.81. The van der Waals surface area contributed by atoms with Gasteiger partial charge in [0.05, 0.1) is 18.2 Å². The minimum absolute atomic E-state index is 0.0299. The van der Waals surface area contributed by atoms with Gasteiger partial charge in [0, 0.05) is 12.1 Å². The molecule has 3 aromatic rings. The molecular formula is C32H34FNO4. The lowest BCUT2D eigenvalue weighted by molar-refractivity contribution is -0.140. The second kappa shape index (κ2) is 10.8. The molecule has 5 nitrogen and oxygen atoms in total. The zero-order valence-corrected chi connectivity index (χ0v) is 22.5. The average Bonchev–Trinajstić information content (AvgIpc) is 3.13. The van der Waals surface area contributed by atoms with Crippen LogP contribution in [0.25, 0.3) is 5.76 Å². The number of carbonyl (C=O) groups is 2. The van der Waals surface area contributed by atoms with Crippen molar-refractivity contribution in [3.05, 3.63) is 106 Å². The Labute approximate surface area is 223 Å². The first kappa shape index (κ1) is 27.1. The van der Waals surface area contributed by atoms with Crippen molar-refractivity contribution in [1.29, 1.82) is 0 Å². The van der Waals surface area contributed by atoms with E-state index < -0.39 is 17.7 Å². The Morgan fingerprint density at radius 3 is 2.24 bits per heavy atom. The van der Waals surface area contributed by atoms with E-state index in [0.717, 1.165) is 17.5 Å². The molecule has 0 radical (unpaired) electrons. The average molecular weight is 516 g/mol. The lowest BCUT2D eigenvalue weighted by atomic mass is 9.85. The fourth-order valence-corrected chi connectivity index (χ4v) is 4.67. The largest absolute Gasteiger partial charge is 0.507 e. The van der Waals surface area contributed by atoms with Crippen LogP contribution in [-0.2, 0) is 21.5 Å². The molecule has 0 aliphatic carbocycles. The number of benzene rings is 3. The number of ether oxygens (including phenoxy) is 1. The van der Waals surface area contributed by atoms with E-state index >= 15 is 0 Å². The highest BCUT2D eigenvalue weighted by Gasteiger charge is 2.46. The van der Waals surface area contributed by atoms with Gasteiger partial charge < -0.3 is 14.7 Å². The van der Waals surface area contributed by atoms with Crippen LogP contribution in [0, 0.1) is 12.7 Å². The Bertz CT molecular complexity index is 1370. The number of amides is 1. The first-order valence-electron chi connectivity index (χ1n) is 12.9. The molecule has 1 atom stereocenters. The zero-order chi connectivity index (χ0) is 27.6. The second-order valence-corrected chi connectivity index (χ2v) is 10.8. The van der Waals surface area contributed by atoms with E-state index in [1.165, 1.54) is 17.0 Å².